The van der Waals surface area contributed by atoms with Gasteiger partial charge in [-0.3, -0.25) is 4.79 Å². The van der Waals surface area contributed by atoms with Crippen LogP contribution in [-0.2, 0) is 11.3 Å². The number of carbonyl (C=O) groups is 1. The van der Waals surface area contributed by atoms with Crippen LogP contribution in [-0.4, -0.2) is 22.1 Å². The zero-order valence-corrected chi connectivity index (χ0v) is 17.2. The van der Waals surface area contributed by atoms with Crippen molar-refractivity contribution in [1.82, 2.24) is 14.9 Å². The number of carbonyl (C=O) groups excluding carboxylic acids is 1. The normalized spacial score (nSPS) is 11.9. The molecule has 1 N–H and O–H groups in total. The summed E-state index contributed by atoms with van der Waals surface area (Å²) in [6, 6.07) is 25.5. The van der Waals surface area contributed by atoms with Crippen LogP contribution in [0.4, 0.5) is 0 Å². The molecule has 0 unspecified atom stereocenters. The molecule has 0 radical (unpaired) electrons. The van der Waals surface area contributed by atoms with E-state index in [9.17, 15) is 4.79 Å². The van der Waals surface area contributed by atoms with Gasteiger partial charge in [0.2, 0.25) is 0 Å². The SMILES string of the molecule is Cc1ccccc1Cn1c([C@H](C)NC(=O)COc2ccccc2)nc2ccccc21. The fourth-order valence-corrected chi connectivity index (χ4v) is 3.56. The van der Waals surface area contributed by atoms with E-state index in [4.69, 9.17) is 9.72 Å². The number of imidazole rings is 1. The molecule has 0 aliphatic carbocycles. The lowest BCUT2D eigenvalue weighted by molar-refractivity contribution is -0.123. The van der Waals surface area contributed by atoms with Crippen LogP contribution in [0, 0.1) is 6.92 Å². The molecule has 0 spiro atoms. The topological polar surface area (TPSA) is 56.2 Å². The molecule has 0 saturated heterocycles. The lowest BCUT2D eigenvalue weighted by Gasteiger charge is -2.17. The van der Waals surface area contributed by atoms with Crippen molar-refractivity contribution in [1.29, 1.82) is 0 Å². The predicted molar refractivity (Wildman–Crippen MR) is 119 cm³/mol. The van der Waals surface area contributed by atoms with Crippen molar-refractivity contribution in [3.63, 3.8) is 0 Å². The van der Waals surface area contributed by atoms with Gasteiger partial charge in [0.1, 0.15) is 11.6 Å². The lowest BCUT2D eigenvalue weighted by Crippen LogP contribution is -2.32. The van der Waals surface area contributed by atoms with E-state index in [2.05, 4.69) is 35.0 Å². The van der Waals surface area contributed by atoms with Crippen LogP contribution in [0.5, 0.6) is 5.75 Å². The van der Waals surface area contributed by atoms with Gasteiger partial charge < -0.3 is 14.6 Å². The molecule has 5 heteroatoms. The van der Waals surface area contributed by atoms with Crippen LogP contribution in [0.2, 0.25) is 0 Å². The Kier molecular flexibility index (Phi) is 5.80. The first-order valence-electron chi connectivity index (χ1n) is 10.1. The molecular formula is C25H25N3O2. The summed E-state index contributed by atoms with van der Waals surface area (Å²) in [7, 11) is 0. The molecule has 3 aromatic carbocycles. The van der Waals surface area contributed by atoms with Crippen molar-refractivity contribution in [3.05, 3.63) is 95.8 Å². The van der Waals surface area contributed by atoms with Crippen molar-refractivity contribution in [2.45, 2.75) is 26.4 Å². The van der Waals surface area contributed by atoms with Gasteiger partial charge >= 0.3 is 0 Å². The minimum absolute atomic E-state index is 0.0353. The molecule has 30 heavy (non-hydrogen) atoms. The third-order valence-corrected chi connectivity index (χ3v) is 5.15. The Hall–Kier alpha value is -3.60. The molecule has 1 aromatic heterocycles. The third-order valence-electron chi connectivity index (χ3n) is 5.15. The van der Waals surface area contributed by atoms with Gasteiger partial charge in [-0.25, -0.2) is 4.98 Å². The lowest BCUT2D eigenvalue weighted by atomic mass is 10.1. The van der Waals surface area contributed by atoms with E-state index in [1.165, 1.54) is 11.1 Å². The molecule has 0 fully saturated rings. The summed E-state index contributed by atoms with van der Waals surface area (Å²) in [5.41, 5.74) is 4.43. The summed E-state index contributed by atoms with van der Waals surface area (Å²) in [6.45, 7) is 4.73. The molecule has 0 aliphatic heterocycles. The number of aryl methyl sites for hydroxylation is 1. The molecule has 1 atom stereocenters. The van der Waals surface area contributed by atoms with Crippen molar-refractivity contribution in [2.24, 2.45) is 0 Å². The first-order valence-corrected chi connectivity index (χ1v) is 10.1. The number of aromatic nitrogens is 2. The second-order valence-corrected chi connectivity index (χ2v) is 7.36. The number of hydrogen-bond donors (Lipinski definition) is 1. The average Bonchev–Trinajstić information content (AvgIpc) is 3.13. The quantitative estimate of drug-likeness (QED) is 0.492. The molecule has 0 aliphatic rings. The van der Waals surface area contributed by atoms with Crippen LogP contribution in [0.1, 0.15) is 29.9 Å². The van der Waals surface area contributed by atoms with Gasteiger partial charge in [0, 0.05) is 6.54 Å². The fourth-order valence-electron chi connectivity index (χ4n) is 3.56. The van der Waals surface area contributed by atoms with Crippen LogP contribution >= 0.6 is 0 Å². The van der Waals surface area contributed by atoms with Gasteiger partial charge in [0.25, 0.3) is 5.91 Å². The highest BCUT2D eigenvalue weighted by molar-refractivity contribution is 5.79. The van der Waals surface area contributed by atoms with Gasteiger partial charge in [-0.2, -0.15) is 0 Å². The van der Waals surface area contributed by atoms with Gasteiger partial charge in [0.05, 0.1) is 17.1 Å². The Morgan fingerprint density at radius 3 is 2.50 bits per heavy atom. The van der Waals surface area contributed by atoms with Crippen LogP contribution in [0.25, 0.3) is 11.0 Å². The molecule has 152 valence electrons. The highest BCUT2D eigenvalue weighted by atomic mass is 16.5. The molecule has 1 amide bonds. The highest BCUT2D eigenvalue weighted by Gasteiger charge is 2.19. The van der Waals surface area contributed by atoms with E-state index < -0.39 is 0 Å². The van der Waals surface area contributed by atoms with E-state index in [1.54, 1.807) is 0 Å². The molecule has 5 nitrogen and oxygen atoms in total. The van der Waals surface area contributed by atoms with Gasteiger partial charge in [-0.15, -0.1) is 0 Å². The average molecular weight is 399 g/mol. The molecule has 4 aromatic rings. The number of amides is 1. The van der Waals surface area contributed by atoms with Crippen molar-refractivity contribution in [2.75, 3.05) is 6.61 Å². The minimum atomic E-state index is -0.256. The fraction of sp³-hybridized carbons (Fsp3) is 0.200. The number of fused-ring (bicyclic) bond motifs is 1. The maximum absolute atomic E-state index is 12.5. The maximum atomic E-state index is 12.5. The molecule has 0 saturated carbocycles. The Morgan fingerprint density at radius 2 is 1.70 bits per heavy atom. The molecular weight excluding hydrogens is 374 g/mol. The predicted octanol–water partition coefficient (Wildman–Crippen LogP) is 4.65. The molecule has 4 rings (SSSR count). The minimum Gasteiger partial charge on any atom is -0.484 e. The number of rotatable bonds is 7. The first-order chi connectivity index (χ1) is 14.6. The van der Waals surface area contributed by atoms with E-state index in [-0.39, 0.29) is 18.6 Å². The van der Waals surface area contributed by atoms with Crippen LogP contribution in [0.3, 0.4) is 0 Å². The summed E-state index contributed by atoms with van der Waals surface area (Å²) in [6.07, 6.45) is 0. The standard InChI is InChI=1S/C25H25N3O2/c1-18-10-6-7-11-20(18)16-28-23-15-9-8-14-22(23)27-25(28)19(2)26-24(29)17-30-21-12-4-3-5-13-21/h3-15,19H,16-17H2,1-2H3,(H,26,29)/t19-/m0/s1. The Balaban J connectivity index is 1.55. The van der Waals surface area contributed by atoms with E-state index in [0.29, 0.717) is 12.3 Å². The van der Waals surface area contributed by atoms with E-state index in [0.717, 1.165) is 16.9 Å². The smallest absolute Gasteiger partial charge is 0.258 e. The number of hydrogen-bond acceptors (Lipinski definition) is 3. The zero-order chi connectivity index (χ0) is 20.9. The van der Waals surface area contributed by atoms with Crippen molar-refractivity contribution < 1.29 is 9.53 Å². The van der Waals surface area contributed by atoms with E-state index >= 15 is 0 Å². The first kappa shape index (κ1) is 19.7. The largest absolute Gasteiger partial charge is 0.484 e. The Bertz CT molecular complexity index is 1150. The summed E-state index contributed by atoms with van der Waals surface area (Å²) in [4.78, 5) is 17.3. The monoisotopic (exact) mass is 399 g/mol. The summed E-state index contributed by atoms with van der Waals surface area (Å²) in [5, 5.41) is 3.02. The Labute approximate surface area is 176 Å². The Morgan fingerprint density at radius 1 is 1.00 bits per heavy atom. The maximum Gasteiger partial charge on any atom is 0.258 e. The number of nitrogens with zero attached hydrogens (tertiary/aromatic N) is 2. The summed E-state index contributed by atoms with van der Waals surface area (Å²) >= 11 is 0. The number of ether oxygens (including phenoxy) is 1. The zero-order valence-electron chi connectivity index (χ0n) is 17.2. The van der Waals surface area contributed by atoms with Crippen molar-refractivity contribution >= 4 is 16.9 Å². The third kappa shape index (κ3) is 4.35. The second-order valence-electron chi connectivity index (χ2n) is 7.36. The number of para-hydroxylation sites is 3. The number of nitrogens with one attached hydrogen (secondary N) is 1. The van der Waals surface area contributed by atoms with E-state index in [1.807, 2.05) is 67.6 Å². The van der Waals surface area contributed by atoms with Gasteiger partial charge in [-0.1, -0.05) is 54.6 Å². The summed E-state index contributed by atoms with van der Waals surface area (Å²) < 4.78 is 7.75. The molecule has 1 heterocycles. The van der Waals surface area contributed by atoms with Crippen molar-refractivity contribution in [3.8, 4) is 5.75 Å². The number of benzene rings is 3. The molecule has 0 bridgehead atoms. The second kappa shape index (κ2) is 8.82. The van der Waals surface area contributed by atoms with Gasteiger partial charge in [0.15, 0.2) is 6.61 Å². The van der Waals surface area contributed by atoms with Crippen LogP contribution < -0.4 is 10.1 Å². The van der Waals surface area contributed by atoms with Gasteiger partial charge in [-0.05, 0) is 49.2 Å². The highest BCUT2D eigenvalue weighted by Crippen LogP contribution is 2.23. The summed E-state index contributed by atoms with van der Waals surface area (Å²) in [5.74, 6) is 1.32. The van der Waals surface area contributed by atoms with Crippen LogP contribution in [0.15, 0.2) is 78.9 Å².